The Hall–Kier alpha value is -3.54. The number of carbonyl (C=O) groups is 1. The van der Waals surface area contributed by atoms with E-state index in [0.29, 0.717) is 22.6 Å². The molecule has 28 heavy (non-hydrogen) atoms. The van der Waals surface area contributed by atoms with Crippen LogP contribution < -0.4 is 19.5 Å². The van der Waals surface area contributed by atoms with Crippen molar-refractivity contribution in [3.63, 3.8) is 0 Å². The van der Waals surface area contributed by atoms with E-state index >= 15 is 0 Å². The second-order valence-electron chi connectivity index (χ2n) is 5.92. The minimum atomic E-state index is -0.493. The van der Waals surface area contributed by atoms with Gasteiger partial charge in [-0.1, -0.05) is 12.1 Å². The first-order valence-corrected chi connectivity index (χ1v) is 8.60. The third-order valence-electron chi connectivity index (χ3n) is 4.12. The average molecular weight is 381 g/mol. The van der Waals surface area contributed by atoms with Crippen LogP contribution in [0.2, 0.25) is 0 Å². The van der Waals surface area contributed by atoms with Crippen molar-refractivity contribution in [3.05, 3.63) is 83.7 Å². The molecule has 0 aliphatic rings. The minimum Gasteiger partial charge on any atom is -0.497 e. The molecule has 0 aliphatic carbocycles. The van der Waals surface area contributed by atoms with Gasteiger partial charge in [0, 0.05) is 11.1 Å². The van der Waals surface area contributed by atoms with Crippen LogP contribution in [0, 0.1) is 5.82 Å². The van der Waals surface area contributed by atoms with E-state index in [1.165, 1.54) is 12.1 Å². The number of rotatable bonds is 7. The second-order valence-corrected chi connectivity index (χ2v) is 5.92. The molecule has 0 atom stereocenters. The zero-order valence-corrected chi connectivity index (χ0v) is 15.6. The Balaban J connectivity index is 1.75. The monoisotopic (exact) mass is 381 g/mol. The summed E-state index contributed by atoms with van der Waals surface area (Å²) in [6.45, 7) is 0.205. The predicted molar refractivity (Wildman–Crippen MR) is 105 cm³/mol. The first kappa shape index (κ1) is 19.2. The van der Waals surface area contributed by atoms with Gasteiger partial charge in [0.1, 0.15) is 29.7 Å². The Kier molecular flexibility index (Phi) is 6.11. The zero-order valence-electron chi connectivity index (χ0n) is 15.6. The molecule has 3 aromatic carbocycles. The molecule has 0 fully saturated rings. The van der Waals surface area contributed by atoms with Gasteiger partial charge in [-0.15, -0.1) is 0 Å². The minimum absolute atomic E-state index is 0.124. The molecular weight excluding hydrogens is 361 g/mol. The van der Waals surface area contributed by atoms with Gasteiger partial charge in [-0.3, -0.25) is 4.79 Å². The number of methoxy groups -OCH3 is 2. The van der Waals surface area contributed by atoms with Crippen molar-refractivity contribution in [1.29, 1.82) is 0 Å². The van der Waals surface area contributed by atoms with Gasteiger partial charge in [-0.05, 0) is 54.6 Å². The average Bonchev–Trinajstić information content (AvgIpc) is 2.74. The number of hydrogen-bond donors (Lipinski definition) is 1. The fraction of sp³-hybridized carbons (Fsp3) is 0.136. The molecule has 144 valence electrons. The summed E-state index contributed by atoms with van der Waals surface area (Å²) in [4.78, 5) is 12.5. The van der Waals surface area contributed by atoms with Crippen LogP contribution in [0.5, 0.6) is 17.2 Å². The molecule has 0 heterocycles. The Morgan fingerprint density at radius 3 is 2.32 bits per heavy atom. The number of halogens is 1. The van der Waals surface area contributed by atoms with Crippen LogP contribution >= 0.6 is 0 Å². The van der Waals surface area contributed by atoms with Gasteiger partial charge >= 0.3 is 0 Å². The van der Waals surface area contributed by atoms with Gasteiger partial charge in [0.05, 0.1) is 19.9 Å². The maximum absolute atomic E-state index is 13.8. The first-order chi connectivity index (χ1) is 13.6. The fourth-order valence-electron chi connectivity index (χ4n) is 2.62. The van der Waals surface area contributed by atoms with Crippen molar-refractivity contribution in [2.75, 3.05) is 19.5 Å². The first-order valence-electron chi connectivity index (χ1n) is 8.60. The van der Waals surface area contributed by atoms with Crippen LogP contribution in [0.15, 0.2) is 66.7 Å². The van der Waals surface area contributed by atoms with Gasteiger partial charge in [0.25, 0.3) is 5.91 Å². The van der Waals surface area contributed by atoms with Crippen LogP contribution in [0.3, 0.4) is 0 Å². The molecule has 5 nitrogen and oxygen atoms in total. The van der Waals surface area contributed by atoms with E-state index in [1.807, 2.05) is 0 Å². The lowest BCUT2D eigenvalue weighted by Gasteiger charge is -2.13. The third-order valence-corrected chi connectivity index (χ3v) is 4.12. The van der Waals surface area contributed by atoms with Crippen molar-refractivity contribution >= 4 is 11.6 Å². The fourth-order valence-corrected chi connectivity index (χ4v) is 2.62. The van der Waals surface area contributed by atoms with E-state index in [9.17, 15) is 9.18 Å². The maximum atomic E-state index is 13.8. The van der Waals surface area contributed by atoms with Crippen LogP contribution in [0.1, 0.15) is 15.9 Å². The van der Waals surface area contributed by atoms with Crippen molar-refractivity contribution in [2.24, 2.45) is 0 Å². The highest BCUT2D eigenvalue weighted by atomic mass is 19.1. The topological polar surface area (TPSA) is 56.8 Å². The predicted octanol–water partition coefficient (Wildman–Crippen LogP) is 4.67. The Labute approximate surface area is 162 Å². The molecule has 0 saturated heterocycles. The third kappa shape index (κ3) is 4.59. The van der Waals surface area contributed by atoms with Crippen LogP contribution in [-0.4, -0.2) is 20.1 Å². The lowest BCUT2D eigenvalue weighted by atomic mass is 10.1. The second kappa shape index (κ2) is 8.90. The number of hydrogen-bond acceptors (Lipinski definition) is 4. The van der Waals surface area contributed by atoms with E-state index in [0.717, 1.165) is 5.75 Å². The van der Waals surface area contributed by atoms with E-state index in [1.54, 1.807) is 68.8 Å². The van der Waals surface area contributed by atoms with Crippen molar-refractivity contribution in [3.8, 4) is 17.2 Å². The standard InChI is InChI=1S/C22H20FNO4/c1-26-17-8-10-18(11-9-17)28-14-16-13-15(7-12-21(16)27-2)22(25)24-20-6-4-3-5-19(20)23/h3-13H,14H2,1-2H3,(H,24,25). The van der Waals surface area contributed by atoms with Gasteiger partial charge in [0.2, 0.25) is 0 Å². The molecule has 1 amide bonds. The number of nitrogens with one attached hydrogen (secondary N) is 1. The summed E-state index contributed by atoms with van der Waals surface area (Å²) in [7, 11) is 3.14. The number of para-hydroxylation sites is 1. The number of ether oxygens (including phenoxy) is 3. The number of amides is 1. The molecule has 6 heteroatoms. The highest BCUT2D eigenvalue weighted by Gasteiger charge is 2.13. The van der Waals surface area contributed by atoms with E-state index in [4.69, 9.17) is 14.2 Å². The summed E-state index contributed by atoms with van der Waals surface area (Å²) in [5.74, 6) is 1.07. The Morgan fingerprint density at radius 2 is 1.64 bits per heavy atom. The van der Waals surface area contributed by atoms with Crippen LogP contribution in [0.25, 0.3) is 0 Å². The molecule has 0 unspecified atom stereocenters. The molecular formula is C22H20FNO4. The van der Waals surface area contributed by atoms with Gasteiger partial charge in [-0.2, -0.15) is 0 Å². The summed E-state index contributed by atoms with van der Waals surface area (Å²) in [5, 5.41) is 2.57. The summed E-state index contributed by atoms with van der Waals surface area (Å²) in [5.41, 5.74) is 1.19. The van der Waals surface area contributed by atoms with Crippen LogP contribution in [0.4, 0.5) is 10.1 Å². The van der Waals surface area contributed by atoms with Crippen molar-refractivity contribution < 1.29 is 23.4 Å². The molecule has 0 spiro atoms. The molecule has 0 aromatic heterocycles. The van der Waals surface area contributed by atoms with E-state index in [2.05, 4.69) is 5.32 Å². The van der Waals surface area contributed by atoms with Gasteiger partial charge in [-0.25, -0.2) is 4.39 Å². The largest absolute Gasteiger partial charge is 0.497 e. The molecule has 0 radical (unpaired) electrons. The zero-order chi connectivity index (χ0) is 19.9. The molecule has 0 bridgehead atoms. The molecule has 1 N–H and O–H groups in total. The summed E-state index contributed by atoms with van der Waals surface area (Å²) in [6, 6.07) is 18.2. The van der Waals surface area contributed by atoms with Crippen LogP contribution in [-0.2, 0) is 6.61 Å². The van der Waals surface area contributed by atoms with E-state index in [-0.39, 0.29) is 12.3 Å². The lowest BCUT2D eigenvalue weighted by molar-refractivity contribution is 0.102. The lowest BCUT2D eigenvalue weighted by Crippen LogP contribution is -2.13. The summed E-state index contributed by atoms with van der Waals surface area (Å²) in [6.07, 6.45) is 0. The summed E-state index contributed by atoms with van der Waals surface area (Å²) < 4.78 is 30.0. The number of benzene rings is 3. The normalized spacial score (nSPS) is 10.2. The van der Waals surface area contributed by atoms with Gasteiger partial charge in [0.15, 0.2) is 0 Å². The number of anilines is 1. The van der Waals surface area contributed by atoms with Gasteiger partial charge < -0.3 is 19.5 Å². The molecule has 0 saturated carbocycles. The number of carbonyl (C=O) groups excluding carboxylic acids is 1. The SMILES string of the molecule is COc1ccc(OCc2cc(C(=O)Nc3ccccc3F)ccc2OC)cc1. The highest BCUT2D eigenvalue weighted by molar-refractivity contribution is 6.04. The Bertz CT molecular complexity index is 957. The highest BCUT2D eigenvalue weighted by Crippen LogP contribution is 2.24. The smallest absolute Gasteiger partial charge is 0.255 e. The summed E-state index contributed by atoms with van der Waals surface area (Å²) >= 11 is 0. The molecule has 0 aliphatic heterocycles. The Morgan fingerprint density at radius 1 is 0.929 bits per heavy atom. The van der Waals surface area contributed by atoms with Crippen molar-refractivity contribution in [1.82, 2.24) is 0 Å². The van der Waals surface area contributed by atoms with Crippen molar-refractivity contribution in [2.45, 2.75) is 6.61 Å². The van der Waals surface area contributed by atoms with E-state index < -0.39 is 11.7 Å². The molecule has 3 rings (SSSR count). The maximum Gasteiger partial charge on any atom is 0.255 e. The molecule has 3 aromatic rings. The quantitative estimate of drug-likeness (QED) is 0.646.